The summed E-state index contributed by atoms with van der Waals surface area (Å²) >= 11 is 4.08. The average Bonchev–Trinajstić information content (AvgIpc) is 3.03. The second kappa shape index (κ2) is 5.31. The van der Waals surface area contributed by atoms with Crippen molar-refractivity contribution in [1.29, 1.82) is 0 Å². The molecule has 126 valence electrons. The third-order valence-electron chi connectivity index (χ3n) is 6.22. The maximum absolute atomic E-state index is 12.9. The van der Waals surface area contributed by atoms with Gasteiger partial charge in [0.1, 0.15) is 0 Å². The Labute approximate surface area is 152 Å². The lowest BCUT2D eigenvalue weighted by atomic mass is 9.72. The molecule has 3 aliphatic heterocycles. The fourth-order valence-corrected chi connectivity index (χ4v) is 8.96. The van der Waals surface area contributed by atoms with E-state index in [0.29, 0.717) is 5.78 Å². The third kappa shape index (κ3) is 1.96. The molecule has 0 radical (unpaired) electrons. The first-order chi connectivity index (χ1) is 11.6. The number of rotatable bonds is 0. The van der Waals surface area contributed by atoms with E-state index in [0.717, 1.165) is 38.6 Å². The number of nitrogens with zero attached hydrogens (tertiary/aromatic N) is 1. The van der Waals surface area contributed by atoms with Gasteiger partial charge in [0.2, 0.25) is 0 Å². The molecule has 0 aromatic heterocycles. The highest BCUT2D eigenvalue weighted by atomic mass is 32.2. The molecule has 0 amide bonds. The number of hydrogen-bond acceptors (Lipinski definition) is 4. The summed E-state index contributed by atoms with van der Waals surface area (Å²) < 4.78 is 0.00252. The zero-order valence-electron chi connectivity index (χ0n) is 14.1. The van der Waals surface area contributed by atoms with E-state index in [4.69, 9.17) is 0 Å². The molecule has 4 aliphatic rings. The predicted octanol–water partition coefficient (Wildman–Crippen LogP) is 4.35. The second-order valence-electron chi connectivity index (χ2n) is 7.56. The van der Waals surface area contributed by atoms with Crippen LogP contribution in [0.2, 0.25) is 0 Å². The summed E-state index contributed by atoms with van der Waals surface area (Å²) in [7, 11) is 0. The molecule has 0 N–H and O–H groups in total. The van der Waals surface area contributed by atoms with Gasteiger partial charge in [0.15, 0.2) is 5.78 Å². The van der Waals surface area contributed by atoms with Crippen molar-refractivity contribution in [3.05, 3.63) is 46.7 Å². The Hall–Kier alpha value is -0.870. The first kappa shape index (κ1) is 15.4. The third-order valence-corrected chi connectivity index (χ3v) is 9.63. The molecule has 2 nitrogen and oxygen atoms in total. The van der Waals surface area contributed by atoms with Crippen LogP contribution in [0.1, 0.15) is 43.7 Å². The van der Waals surface area contributed by atoms with Crippen LogP contribution in [0, 0.1) is 0 Å². The number of benzene rings is 1. The molecular formula is C20H23NOS2. The van der Waals surface area contributed by atoms with Crippen molar-refractivity contribution < 1.29 is 4.79 Å². The molecule has 1 saturated heterocycles. The second-order valence-corrected chi connectivity index (χ2v) is 10.6. The summed E-state index contributed by atoms with van der Waals surface area (Å²) in [5.74, 6) is 2.78. The van der Waals surface area contributed by atoms with Gasteiger partial charge in [-0.05, 0) is 37.3 Å². The van der Waals surface area contributed by atoms with E-state index in [1.165, 1.54) is 33.9 Å². The Morgan fingerprint density at radius 2 is 1.88 bits per heavy atom. The lowest BCUT2D eigenvalue weighted by molar-refractivity contribution is -0.117. The zero-order valence-corrected chi connectivity index (χ0v) is 15.8. The number of thioether (sulfide) groups is 2. The standard InChI is InChI=1S/C20H23NOS2/c1-19-13-20(23-11-12-24-20)18-16(7-4-8-17(18)22)21(19)10-9-14-5-2-3-6-15(14)19/h2-3,5-6H,4,7-13H2,1H3/t19-/m0/s1. The molecule has 1 aromatic rings. The van der Waals surface area contributed by atoms with E-state index in [1.54, 1.807) is 0 Å². The monoisotopic (exact) mass is 357 g/mol. The molecule has 1 spiro atoms. The molecule has 0 unspecified atom stereocenters. The average molecular weight is 358 g/mol. The minimum Gasteiger partial charge on any atom is -0.365 e. The lowest BCUT2D eigenvalue weighted by Crippen LogP contribution is -2.56. The van der Waals surface area contributed by atoms with Gasteiger partial charge in [0.05, 0.1) is 9.62 Å². The number of allylic oxidation sites excluding steroid dienone is 1. The summed E-state index contributed by atoms with van der Waals surface area (Å²) in [6.07, 6.45) is 5.03. The van der Waals surface area contributed by atoms with Crippen LogP contribution in [0.4, 0.5) is 0 Å². The maximum Gasteiger partial charge on any atom is 0.162 e. The van der Waals surface area contributed by atoms with Gasteiger partial charge < -0.3 is 4.90 Å². The van der Waals surface area contributed by atoms with Crippen LogP contribution < -0.4 is 0 Å². The SMILES string of the molecule is C[C@@]12CC3(SCCS3)C3=C(CCCC3=O)N1CCc1ccccc12. The highest BCUT2D eigenvalue weighted by Crippen LogP contribution is 2.62. The van der Waals surface area contributed by atoms with Crippen molar-refractivity contribution in [3.8, 4) is 0 Å². The smallest absolute Gasteiger partial charge is 0.162 e. The Bertz CT molecular complexity index is 750. The molecule has 0 saturated carbocycles. The first-order valence-electron chi connectivity index (χ1n) is 9.05. The van der Waals surface area contributed by atoms with Crippen molar-refractivity contribution in [1.82, 2.24) is 4.90 Å². The summed E-state index contributed by atoms with van der Waals surface area (Å²) in [4.78, 5) is 15.5. The van der Waals surface area contributed by atoms with Crippen LogP contribution in [0.25, 0.3) is 0 Å². The van der Waals surface area contributed by atoms with Crippen molar-refractivity contribution in [2.24, 2.45) is 0 Å². The van der Waals surface area contributed by atoms with Gasteiger partial charge in [0.25, 0.3) is 0 Å². The van der Waals surface area contributed by atoms with Crippen LogP contribution in [-0.4, -0.2) is 32.8 Å². The molecule has 1 fully saturated rings. The van der Waals surface area contributed by atoms with Crippen LogP contribution in [0.15, 0.2) is 35.5 Å². The molecule has 1 atom stereocenters. The van der Waals surface area contributed by atoms with E-state index in [-0.39, 0.29) is 9.62 Å². The fraction of sp³-hybridized carbons (Fsp3) is 0.550. The number of fused-ring (bicyclic) bond motifs is 5. The van der Waals surface area contributed by atoms with Crippen LogP contribution in [0.3, 0.4) is 0 Å². The largest absolute Gasteiger partial charge is 0.365 e. The number of Topliss-reactive ketones (excluding diaryl/α,β-unsaturated/α-hetero) is 1. The van der Waals surface area contributed by atoms with Gasteiger partial charge in [-0.3, -0.25) is 4.79 Å². The Morgan fingerprint density at radius 3 is 2.71 bits per heavy atom. The van der Waals surface area contributed by atoms with Gasteiger partial charge in [-0.2, -0.15) is 0 Å². The van der Waals surface area contributed by atoms with Crippen molar-refractivity contribution >= 4 is 29.3 Å². The van der Waals surface area contributed by atoms with E-state index in [2.05, 4.69) is 36.1 Å². The highest BCUT2D eigenvalue weighted by Gasteiger charge is 2.56. The lowest BCUT2D eigenvalue weighted by Gasteiger charge is -2.57. The van der Waals surface area contributed by atoms with Crippen LogP contribution in [0.5, 0.6) is 0 Å². The normalized spacial score (nSPS) is 31.0. The van der Waals surface area contributed by atoms with E-state index in [9.17, 15) is 4.79 Å². The molecule has 1 aliphatic carbocycles. The Kier molecular flexibility index (Phi) is 3.41. The molecular weight excluding hydrogens is 334 g/mol. The molecule has 5 rings (SSSR count). The van der Waals surface area contributed by atoms with Crippen LogP contribution >= 0.6 is 23.5 Å². The van der Waals surface area contributed by atoms with Gasteiger partial charge in [0, 0.05) is 42.2 Å². The van der Waals surface area contributed by atoms with Gasteiger partial charge in [-0.1, -0.05) is 24.3 Å². The van der Waals surface area contributed by atoms with E-state index < -0.39 is 0 Å². The molecule has 0 bridgehead atoms. The number of carbonyl (C=O) groups is 1. The fourth-order valence-electron chi connectivity index (χ4n) is 5.28. The maximum atomic E-state index is 12.9. The minimum absolute atomic E-state index is 0.00252. The van der Waals surface area contributed by atoms with Crippen LogP contribution in [-0.2, 0) is 16.8 Å². The van der Waals surface area contributed by atoms with Crippen molar-refractivity contribution in [3.63, 3.8) is 0 Å². The Balaban J connectivity index is 1.74. The van der Waals surface area contributed by atoms with E-state index in [1.807, 2.05) is 23.5 Å². The summed E-state index contributed by atoms with van der Waals surface area (Å²) in [5, 5.41) is 0. The first-order valence-corrected chi connectivity index (χ1v) is 11.0. The van der Waals surface area contributed by atoms with Crippen molar-refractivity contribution in [2.75, 3.05) is 18.1 Å². The Morgan fingerprint density at radius 1 is 1.08 bits per heavy atom. The highest BCUT2D eigenvalue weighted by molar-refractivity contribution is 8.21. The topological polar surface area (TPSA) is 20.3 Å². The van der Waals surface area contributed by atoms with Gasteiger partial charge in [-0.25, -0.2) is 0 Å². The minimum atomic E-state index is 0.00252. The molecule has 3 heterocycles. The molecule has 4 heteroatoms. The molecule has 24 heavy (non-hydrogen) atoms. The van der Waals surface area contributed by atoms with Crippen molar-refractivity contribution in [2.45, 2.75) is 48.6 Å². The summed E-state index contributed by atoms with van der Waals surface area (Å²) in [5.41, 5.74) is 5.61. The molecule has 1 aromatic carbocycles. The predicted molar refractivity (Wildman–Crippen MR) is 102 cm³/mol. The summed E-state index contributed by atoms with van der Waals surface area (Å²) in [6, 6.07) is 8.99. The number of ketones is 1. The van der Waals surface area contributed by atoms with Gasteiger partial charge >= 0.3 is 0 Å². The number of carbonyl (C=O) groups excluding carboxylic acids is 1. The summed E-state index contributed by atoms with van der Waals surface area (Å²) in [6.45, 7) is 3.49. The quantitative estimate of drug-likeness (QED) is 0.688. The number of hydrogen-bond donors (Lipinski definition) is 0. The van der Waals surface area contributed by atoms with E-state index >= 15 is 0 Å². The zero-order chi connectivity index (χ0) is 16.4. The van der Waals surface area contributed by atoms with Gasteiger partial charge in [-0.15, -0.1) is 23.5 Å².